The Hall–Kier alpha value is -2.54. The highest BCUT2D eigenvalue weighted by Crippen LogP contribution is 2.36. The van der Waals surface area contributed by atoms with Crippen LogP contribution in [0.5, 0.6) is 11.5 Å². The summed E-state index contributed by atoms with van der Waals surface area (Å²) in [7, 11) is 3.44. The van der Waals surface area contributed by atoms with E-state index < -0.39 is 0 Å². The Kier molecular flexibility index (Phi) is 5.23. The second-order valence-electron chi connectivity index (χ2n) is 5.95. The van der Waals surface area contributed by atoms with Crippen molar-refractivity contribution in [3.8, 4) is 22.6 Å². The highest BCUT2D eigenvalue weighted by Gasteiger charge is 2.19. The minimum atomic E-state index is 0.142. The number of ether oxygens (including phenoxy) is 3. The predicted molar refractivity (Wildman–Crippen MR) is 97.2 cm³/mol. The fourth-order valence-electron chi connectivity index (χ4n) is 3.02. The van der Waals surface area contributed by atoms with Crippen LogP contribution in [0, 0.1) is 6.92 Å². The van der Waals surface area contributed by atoms with E-state index in [2.05, 4.69) is 15.3 Å². The molecule has 2 heterocycles. The van der Waals surface area contributed by atoms with Crippen LogP contribution in [-0.4, -0.2) is 43.4 Å². The van der Waals surface area contributed by atoms with E-state index in [4.69, 9.17) is 19.9 Å². The maximum Gasteiger partial charge on any atom is 0.222 e. The van der Waals surface area contributed by atoms with Crippen molar-refractivity contribution in [2.45, 2.75) is 25.9 Å². The van der Waals surface area contributed by atoms with Gasteiger partial charge >= 0.3 is 0 Å². The number of nitrogens with two attached hydrogens (primary N) is 1. The van der Waals surface area contributed by atoms with E-state index >= 15 is 0 Å². The van der Waals surface area contributed by atoms with Gasteiger partial charge in [0.2, 0.25) is 5.95 Å². The smallest absolute Gasteiger partial charge is 0.222 e. The van der Waals surface area contributed by atoms with Gasteiger partial charge < -0.3 is 25.3 Å². The van der Waals surface area contributed by atoms with Gasteiger partial charge in [0.1, 0.15) is 12.4 Å². The molecule has 1 fully saturated rings. The molecular weight excluding hydrogens is 320 g/mol. The molecule has 1 saturated heterocycles. The summed E-state index contributed by atoms with van der Waals surface area (Å²) in [4.78, 5) is 8.55. The summed E-state index contributed by atoms with van der Waals surface area (Å²) in [6, 6.07) is 5.78. The van der Waals surface area contributed by atoms with Crippen LogP contribution in [0.3, 0.4) is 0 Å². The summed E-state index contributed by atoms with van der Waals surface area (Å²) in [6.07, 6.45) is 2.25. The number of nitrogens with one attached hydrogen (secondary N) is 1. The average molecular weight is 344 g/mol. The standard InChI is InChI=1S/C18H24N4O3/c1-11-16(17(20-2)22-18(19)21-11)12-6-7-14(23-3)15(9-12)25-10-13-5-4-8-24-13/h6-7,9,13H,4-5,8,10H2,1-3H3,(H3,19,20,21,22). The van der Waals surface area contributed by atoms with Gasteiger partial charge in [0.25, 0.3) is 0 Å². The van der Waals surface area contributed by atoms with Crippen molar-refractivity contribution < 1.29 is 14.2 Å². The van der Waals surface area contributed by atoms with Gasteiger partial charge in [0, 0.05) is 19.2 Å². The minimum absolute atomic E-state index is 0.142. The molecule has 7 nitrogen and oxygen atoms in total. The number of methoxy groups -OCH3 is 1. The summed E-state index contributed by atoms with van der Waals surface area (Å²) in [5, 5.41) is 3.08. The summed E-state index contributed by atoms with van der Waals surface area (Å²) in [6.45, 7) is 3.22. The maximum absolute atomic E-state index is 5.98. The molecule has 0 radical (unpaired) electrons. The Labute approximate surface area is 147 Å². The highest BCUT2D eigenvalue weighted by molar-refractivity contribution is 5.79. The molecule has 2 aromatic rings. The van der Waals surface area contributed by atoms with Crippen LogP contribution in [0.4, 0.5) is 11.8 Å². The molecule has 1 aromatic carbocycles. The first-order chi connectivity index (χ1) is 12.1. The number of hydrogen-bond acceptors (Lipinski definition) is 7. The number of hydrogen-bond donors (Lipinski definition) is 2. The third-order valence-corrected chi connectivity index (χ3v) is 4.25. The van der Waals surface area contributed by atoms with Crippen LogP contribution in [0.2, 0.25) is 0 Å². The van der Waals surface area contributed by atoms with Crippen molar-refractivity contribution in [1.29, 1.82) is 0 Å². The molecule has 3 N–H and O–H groups in total. The van der Waals surface area contributed by atoms with Crippen molar-refractivity contribution in [1.82, 2.24) is 9.97 Å². The lowest BCUT2D eigenvalue weighted by molar-refractivity contribution is 0.0670. The summed E-state index contributed by atoms with van der Waals surface area (Å²) in [5.74, 6) is 2.28. The Morgan fingerprint density at radius 2 is 2.16 bits per heavy atom. The number of nitrogen functional groups attached to an aromatic ring is 1. The van der Waals surface area contributed by atoms with Gasteiger partial charge in [-0.05, 0) is 37.5 Å². The van der Waals surface area contributed by atoms with Gasteiger partial charge in [-0.1, -0.05) is 6.07 Å². The lowest BCUT2D eigenvalue weighted by Gasteiger charge is -2.17. The molecule has 25 heavy (non-hydrogen) atoms. The fraction of sp³-hybridized carbons (Fsp3) is 0.444. The summed E-state index contributed by atoms with van der Waals surface area (Å²) >= 11 is 0. The van der Waals surface area contributed by atoms with E-state index in [1.165, 1.54) is 0 Å². The molecule has 1 unspecified atom stereocenters. The predicted octanol–water partition coefficient (Wildman–Crippen LogP) is 2.64. The largest absolute Gasteiger partial charge is 0.493 e. The first-order valence-electron chi connectivity index (χ1n) is 8.37. The molecule has 0 bridgehead atoms. The number of aryl methyl sites for hydroxylation is 1. The molecule has 1 atom stereocenters. The van der Waals surface area contributed by atoms with Crippen LogP contribution in [0.1, 0.15) is 18.5 Å². The van der Waals surface area contributed by atoms with E-state index in [0.717, 1.165) is 36.3 Å². The Balaban J connectivity index is 1.93. The second kappa shape index (κ2) is 7.57. The van der Waals surface area contributed by atoms with Crippen LogP contribution in [0.15, 0.2) is 18.2 Å². The second-order valence-corrected chi connectivity index (χ2v) is 5.95. The van der Waals surface area contributed by atoms with Gasteiger partial charge in [0.05, 0.1) is 18.9 Å². The van der Waals surface area contributed by atoms with Crippen LogP contribution in [0.25, 0.3) is 11.1 Å². The van der Waals surface area contributed by atoms with Crippen molar-refractivity contribution in [2.75, 3.05) is 38.4 Å². The summed E-state index contributed by atoms with van der Waals surface area (Å²) < 4.78 is 17.0. The van der Waals surface area contributed by atoms with Crippen molar-refractivity contribution in [3.05, 3.63) is 23.9 Å². The van der Waals surface area contributed by atoms with Gasteiger partial charge in [-0.2, -0.15) is 4.98 Å². The summed E-state index contributed by atoms with van der Waals surface area (Å²) in [5.41, 5.74) is 8.38. The number of nitrogens with zero attached hydrogens (tertiary/aromatic N) is 2. The van der Waals surface area contributed by atoms with Crippen molar-refractivity contribution in [3.63, 3.8) is 0 Å². The normalized spacial score (nSPS) is 16.7. The van der Waals surface area contributed by atoms with E-state index in [1.54, 1.807) is 7.11 Å². The molecule has 1 aromatic heterocycles. The average Bonchev–Trinajstić information content (AvgIpc) is 3.12. The molecular formula is C18H24N4O3. The topological polar surface area (TPSA) is 91.5 Å². The molecule has 0 spiro atoms. The first kappa shape index (κ1) is 17.3. The molecule has 1 aliphatic heterocycles. The maximum atomic E-state index is 5.98. The molecule has 0 amide bonds. The lowest BCUT2D eigenvalue weighted by Crippen LogP contribution is -2.16. The van der Waals surface area contributed by atoms with Crippen molar-refractivity contribution >= 4 is 11.8 Å². The van der Waals surface area contributed by atoms with Gasteiger partial charge in [-0.15, -0.1) is 0 Å². The first-order valence-corrected chi connectivity index (χ1v) is 8.37. The van der Waals surface area contributed by atoms with E-state index in [0.29, 0.717) is 23.9 Å². The number of anilines is 2. The minimum Gasteiger partial charge on any atom is -0.493 e. The SMILES string of the molecule is CNc1nc(N)nc(C)c1-c1ccc(OC)c(OCC2CCCO2)c1. The van der Waals surface area contributed by atoms with E-state index in [-0.39, 0.29) is 12.1 Å². The number of benzene rings is 1. The highest BCUT2D eigenvalue weighted by atomic mass is 16.5. The van der Waals surface area contributed by atoms with Crippen molar-refractivity contribution in [2.24, 2.45) is 0 Å². The molecule has 0 aliphatic carbocycles. The molecule has 1 aliphatic rings. The third-order valence-electron chi connectivity index (χ3n) is 4.25. The van der Waals surface area contributed by atoms with Gasteiger partial charge in [-0.3, -0.25) is 0 Å². The molecule has 7 heteroatoms. The molecule has 0 saturated carbocycles. The van der Waals surface area contributed by atoms with Gasteiger partial charge in [0.15, 0.2) is 11.5 Å². The van der Waals surface area contributed by atoms with E-state index in [9.17, 15) is 0 Å². The Bertz CT molecular complexity index is 745. The quantitative estimate of drug-likeness (QED) is 0.832. The fourth-order valence-corrected chi connectivity index (χ4v) is 3.02. The number of aromatic nitrogens is 2. The zero-order chi connectivity index (χ0) is 17.8. The molecule has 3 rings (SSSR count). The monoisotopic (exact) mass is 344 g/mol. The third kappa shape index (κ3) is 3.76. The van der Waals surface area contributed by atoms with Crippen LogP contribution in [-0.2, 0) is 4.74 Å². The van der Waals surface area contributed by atoms with Crippen LogP contribution >= 0.6 is 0 Å². The lowest BCUT2D eigenvalue weighted by atomic mass is 10.0. The molecule has 134 valence electrons. The zero-order valence-corrected chi connectivity index (χ0v) is 14.8. The van der Waals surface area contributed by atoms with Gasteiger partial charge in [-0.25, -0.2) is 4.98 Å². The van der Waals surface area contributed by atoms with Crippen LogP contribution < -0.4 is 20.5 Å². The van der Waals surface area contributed by atoms with E-state index in [1.807, 2.05) is 32.2 Å². The Morgan fingerprint density at radius 3 is 2.84 bits per heavy atom. The Morgan fingerprint density at radius 1 is 1.32 bits per heavy atom. The zero-order valence-electron chi connectivity index (χ0n) is 14.8. The number of rotatable bonds is 6.